The van der Waals surface area contributed by atoms with Crippen molar-refractivity contribution in [2.45, 2.75) is 6.92 Å². The van der Waals surface area contributed by atoms with Crippen molar-refractivity contribution >= 4 is 5.97 Å². The second kappa shape index (κ2) is 5.97. The van der Waals surface area contributed by atoms with E-state index in [0.29, 0.717) is 17.1 Å². The van der Waals surface area contributed by atoms with Crippen molar-refractivity contribution in [3.05, 3.63) is 53.1 Å². The molecule has 0 aliphatic carbocycles. The van der Waals surface area contributed by atoms with Gasteiger partial charge in [-0.15, -0.1) is 0 Å². The number of carboxylic acid groups (broad SMARTS) is 1. The molecule has 0 unspecified atom stereocenters. The lowest BCUT2D eigenvalue weighted by Gasteiger charge is -2.11. The summed E-state index contributed by atoms with van der Waals surface area (Å²) < 4.78 is 10.7. The number of rotatable bonds is 4. The molecule has 0 aliphatic rings. The van der Waals surface area contributed by atoms with Gasteiger partial charge >= 0.3 is 5.97 Å². The predicted octanol–water partition coefficient (Wildman–Crippen LogP) is 3.37. The summed E-state index contributed by atoms with van der Waals surface area (Å²) >= 11 is 0. The summed E-state index contributed by atoms with van der Waals surface area (Å²) in [7, 11) is 1.48. The summed E-state index contributed by atoms with van der Waals surface area (Å²) in [5.74, 6) is -0.0485. The molecule has 0 amide bonds. The van der Waals surface area contributed by atoms with Gasteiger partial charge in [0.2, 0.25) is 0 Å². The van der Waals surface area contributed by atoms with Crippen molar-refractivity contribution in [1.82, 2.24) is 0 Å². The average molecular weight is 283 g/mol. The predicted molar refractivity (Wildman–Crippen MR) is 75.9 cm³/mol. The Bertz CT molecular complexity index is 732. The number of nitriles is 1. The molecule has 2 aromatic rings. The van der Waals surface area contributed by atoms with E-state index in [4.69, 9.17) is 14.7 Å². The van der Waals surface area contributed by atoms with Crippen LogP contribution >= 0.6 is 0 Å². The maximum atomic E-state index is 11.3. The SMILES string of the molecule is COc1cc(C#N)cc(Oc2ccc(C)cc2C(=O)O)c1. The third-order valence-corrected chi connectivity index (χ3v) is 2.84. The first-order valence-corrected chi connectivity index (χ1v) is 6.14. The van der Waals surface area contributed by atoms with Crippen LogP contribution in [0.15, 0.2) is 36.4 Å². The topological polar surface area (TPSA) is 79.5 Å². The minimum atomic E-state index is -1.07. The summed E-state index contributed by atoms with van der Waals surface area (Å²) in [5, 5.41) is 18.2. The molecule has 1 N–H and O–H groups in total. The van der Waals surface area contributed by atoms with E-state index < -0.39 is 5.97 Å². The standard InChI is InChI=1S/C16H13NO4/c1-10-3-4-15(14(5-10)16(18)19)21-13-7-11(9-17)6-12(8-13)20-2/h3-8H,1-2H3,(H,18,19). The second-order valence-electron chi connectivity index (χ2n) is 4.42. The van der Waals surface area contributed by atoms with E-state index in [1.807, 2.05) is 6.07 Å². The van der Waals surface area contributed by atoms with Gasteiger partial charge in [-0.1, -0.05) is 11.6 Å². The molecule has 106 valence electrons. The van der Waals surface area contributed by atoms with E-state index in [1.165, 1.54) is 19.2 Å². The molecule has 5 nitrogen and oxygen atoms in total. The molecule has 0 fully saturated rings. The number of hydrogen-bond donors (Lipinski definition) is 1. The number of benzene rings is 2. The maximum Gasteiger partial charge on any atom is 0.339 e. The average Bonchev–Trinajstić information content (AvgIpc) is 2.48. The van der Waals surface area contributed by atoms with Gasteiger partial charge in [0.25, 0.3) is 0 Å². The lowest BCUT2D eigenvalue weighted by Crippen LogP contribution is -2.00. The van der Waals surface area contributed by atoms with Crippen molar-refractivity contribution < 1.29 is 19.4 Å². The van der Waals surface area contributed by atoms with E-state index in [-0.39, 0.29) is 11.3 Å². The van der Waals surface area contributed by atoms with Crippen LogP contribution in [0.5, 0.6) is 17.2 Å². The van der Waals surface area contributed by atoms with Gasteiger partial charge in [0.05, 0.1) is 18.7 Å². The van der Waals surface area contributed by atoms with Gasteiger partial charge in [-0.05, 0) is 31.2 Å². The lowest BCUT2D eigenvalue weighted by atomic mass is 10.1. The molecule has 0 bridgehead atoms. The van der Waals surface area contributed by atoms with Crippen LogP contribution < -0.4 is 9.47 Å². The van der Waals surface area contributed by atoms with Crippen molar-refractivity contribution in [2.24, 2.45) is 0 Å². The monoisotopic (exact) mass is 283 g/mol. The molecule has 0 saturated heterocycles. The van der Waals surface area contributed by atoms with Crippen molar-refractivity contribution in [2.75, 3.05) is 7.11 Å². The number of methoxy groups -OCH3 is 1. The van der Waals surface area contributed by atoms with Crippen LogP contribution in [0.3, 0.4) is 0 Å². The molecule has 0 atom stereocenters. The highest BCUT2D eigenvalue weighted by atomic mass is 16.5. The third-order valence-electron chi connectivity index (χ3n) is 2.84. The van der Waals surface area contributed by atoms with Gasteiger partial charge in [0, 0.05) is 6.07 Å². The molecule has 0 aromatic heterocycles. The van der Waals surface area contributed by atoms with Gasteiger partial charge < -0.3 is 14.6 Å². The molecular weight excluding hydrogens is 270 g/mol. The highest BCUT2D eigenvalue weighted by Crippen LogP contribution is 2.30. The first kappa shape index (κ1) is 14.4. The number of aryl methyl sites for hydroxylation is 1. The molecule has 0 aliphatic heterocycles. The summed E-state index contributed by atoms with van der Waals surface area (Å²) in [5.41, 5.74) is 1.26. The fourth-order valence-corrected chi connectivity index (χ4v) is 1.84. The molecular formula is C16H13NO4. The molecule has 0 radical (unpaired) electrons. The van der Waals surface area contributed by atoms with Gasteiger partial charge in [-0.3, -0.25) is 0 Å². The number of carbonyl (C=O) groups is 1. The van der Waals surface area contributed by atoms with Crippen LogP contribution in [0.2, 0.25) is 0 Å². The Morgan fingerprint density at radius 3 is 2.52 bits per heavy atom. The normalized spacial score (nSPS) is 9.76. The van der Waals surface area contributed by atoms with Gasteiger partial charge in [0.15, 0.2) is 0 Å². The molecule has 0 heterocycles. The Balaban J connectivity index is 2.43. The number of carboxylic acids is 1. The van der Waals surface area contributed by atoms with Gasteiger partial charge in [0.1, 0.15) is 22.8 Å². The fraction of sp³-hybridized carbons (Fsp3) is 0.125. The minimum absolute atomic E-state index is 0.0660. The van der Waals surface area contributed by atoms with Crippen LogP contribution in [-0.2, 0) is 0 Å². The third kappa shape index (κ3) is 3.31. The zero-order valence-corrected chi connectivity index (χ0v) is 11.6. The first-order valence-electron chi connectivity index (χ1n) is 6.14. The summed E-state index contributed by atoms with van der Waals surface area (Å²) in [6, 6.07) is 11.6. The molecule has 5 heteroatoms. The number of aromatic carboxylic acids is 1. The van der Waals surface area contributed by atoms with Gasteiger partial charge in [-0.25, -0.2) is 4.79 Å². The van der Waals surface area contributed by atoms with Crippen LogP contribution in [0.4, 0.5) is 0 Å². The first-order chi connectivity index (χ1) is 10.0. The molecule has 2 rings (SSSR count). The molecule has 2 aromatic carbocycles. The Kier molecular flexibility index (Phi) is 4.10. The highest BCUT2D eigenvalue weighted by Gasteiger charge is 2.13. The molecule has 0 spiro atoms. The van der Waals surface area contributed by atoms with Crippen LogP contribution in [0, 0.1) is 18.3 Å². The number of nitrogens with zero attached hydrogens (tertiary/aromatic N) is 1. The minimum Gasteiger partial charge on any atom is -0.497 e. The van der Waals surface area contributed by atoms with Crippen molar-refractivity contribution in [3.63, 3.8) is 0 Å². The Hall–Kier alpha value is -3.00. The van der Waals surface area contributed by atoms with Gasteiger partial charge in [-0.2, -0.15) is 5.26 Å². The summed E-state index contributed by atoms with van der Waals surface area (Å²) in [6.45, 7) is 1.80. The smallest absolute Gasteiger partial charge is 0.339 e. The number of ether oxygens (including phenoxy) is 2. The van der Waals surface area contributed by atoms with E-state index in [9.17, 15) is 9.90 Å². The van der Waals surface area contributed by atoms with E-state index in [1.54, 1.807) is 31.2 Å². The number of hydrogen-bond acceptors (Lipinski definition) is 4. The van der Waals surface area contributed by atoms with E-state index in [2.05, 4.69) is 0 Å². The second-order valence-corrected chi connectivity index (χ2v) is 4.42. The fourth-order valence-electron chi connectivity index (χ4n) is 1.84. The summed E-state index contributed by atoms with van der Waals surface area (Å²) in [6.07, 6.45) is 0. The van der Waals surface area contributed by atoms with Crippen LogP contribution in [-0.4, -0.2) is 18.2 Å². The Morgan fingerprint density at radius 2 is 1.90 bits per heavy atom. The van der Waals surface area contributed by atoms with Crippen LogP contribution in [0.1, 0.15) is 21.5 Å². The lowest BCUT2D eigenvalue weighted by molar-refractivity contribution is 0.0694. The van der Waals surface area contributed by atoms with Crippen molar-refractivity contribution in [3.8, 4) is 23.3 Å². The molecule has 0 saturated carbocycles. The largest absolute Gasteiger partial charge is 0.497 e. The van der Waals surface area contributed by atoms with Crippen molar-refractivity contribution in [1.29, 1.82) is 5.26 Å². The van der Waals surface area contributed by atoms with Crippen LogP contribution in [0.25, 0.3) is 0 Å². The van der Waals surface area contributed by atoms with E-state index in [0.717, 1.165) is 5.56 Å². The quantitative estimate of drug-likeness (QED) is 0.930. The molecule has 21 heavy (non-hydrogen) atoms. The Morgan fingerprint density at radius 1 is 1.19 bits per heavy atom. The van der Waals surface area contributed by atoms with E-state index >= 15 is 0 Å². The maximum absolute atomic E-state index is 11.3. The Labute approximate surface area is 122 Å². The highest BCUT2D eigenvalue weighted by molar-refractivity contribution is 5.91. The zero-order chi connectivity index (χ0) is 15.4. The zero-order valence-electron chi connectivity index (χ0n) is 11.6. The summed E-state index contributed by atoms with van der Waals surface area (Å²) in [4.78, 5) is 11.3.